The Labute approximate surface area is 122 Å². The molecule has 0 aliphatic heterocycles. The Hall–Kier alpha value is -0.733. The Morgan fingerprint density at radius 1 is 1.10 bits per heavy atom. The highest BCUT2D eigenvalue weighted by Gasteiger charge is 2.50. The zero-order valence-electron chi connectivity index (χ0n) is 13.2. The lowest BCUT2D eigenvalue weighted by Crippen LogP contribution is -2.52. The predicted octanol–water partition coefficient (Wildman–Crippen LogP) is 1.68. The second-order valence-corrected chi connectivity index (χ2v) is 7.03. The summed E-state index contributed by atoms with van der Waals surface area (Å²) in [7, 11) is -0.750. The SMILES string of the molecule is CCO[Si](OCC)(OCC)C(CC)c1nccn1C.O. The summed E-state index contributed by atoms with van der Waals surface area (Å²) in [5.41, 5.74) is 0.0762. The first-order chi connectivity index (χ1) is 9.15. The van der Waals surface area contributed by atoms with E-state index in [2.05, 4.69) is 11.9 Å². The van der Waals surface area contributed by atoms with Crippen LogP contribution in [0.1, 0.15) is 45.5 Å². The molecule has 1 heterocycles. The molecule has 2 N–H and O–H groups in total. The van der Waals surface area contributed by atoms with Crippen LogP contribution < -0.4 is 0 Å². The van der Waals surface area contributed by atoms with E-state index in [0.717, 1.165) is 12.2 Å². The first-order valence-corrected chi connectivity index (χ1v) is 8.84. The van der Waals surface area contributed by atoms with Crippen LogP contribution in [0.4, 0.5) is 0 Å². The van der Waals surface area contributed by atoms with Gasteiger partial charge < -0.3 is 23.3 Å². The van der Waals surface area contributed by atoms with E-state index < -0.39 is 8.80 Å². The molecule has 1 atom stereocenters. The van der Waals surface area contributed by atoms with Crippen LogP contribution in [-0.4, -0.2) is 43.7 Å². The molecule has 0 fully saturated rings. The number of aromatic nitrogens is 2. The lowest BCUT2D eigenvalue weighted by molar-refractivity contribution is 0.0600. The summed E-state index contributed by atoms with van der Waals surface area (Å²) < 4.78 is 20.0. The molecule has 0 spiro atoms. The van der Waals surface area contributed by atoms with Gasteiger partial charge in [-0.3, -0.25) is 0 Å². The monoisotopic (exact) mass is 304 g/mol. The summed E-state index contributed by atoms with van der Waals surface area (Å²) in [6.07, 6.45) is 4.64. The molecule has 6 nitrogen and oxygen atoms in total. The van der Waals surface area contributed by atoms with E-state index in [1.54, 1.807) is 6.20 Å². The number of hydrogen-bond donors (Lipinski definition) is 0. The molecule has 0 amide bonds. The van der Waals surface area contributed by atoms with Crippen molar-refractivity contribution in [2.45, 2.75) is 39.7 Å². The van der Waals surface area contributed by atoms with Gasteiger partial charge in [0.2, 0.25) is 0 Å². The third-order valence-electron chi connectivity index (χ3n) is 3.04. The summed E-state index contributed by atoms with van der Waals surface area (Å²) in [4.78, 5) is 4.46. The Morgan fingerprint density at radius 3 is 1.90 bits per heavy atom. The lowest BCUT2D eigenvalue weighted by atomic mass is 10.3. The average molecular weight is 304 g/mol. The molecule has 20 heavy (non-hydrogen) atoms. The summed E-state index contributed by atoms with van der Waals surface area (Å²) in [6, 6.07) is 0. The van der Waals surface area contributed by atoms with Gasteiger partial charge in [0.1, 0.15) is 5.82 Å². The molecule has 0 saturated carbocycles. The number of aryl methyl sites for hydroxylation is 1. The third-order valence-corrected chi connectivity index (χ3v) is 6.63. The van der Waals surface area contributed by atoms with Crippen LogP contribution in [0.5, 0.6) is 0 Å². The molecular weight excluding hydrogens is 276 g/mol. The minimum atomic E-state index is -2.74. The second-order valence-electron chi connectivity index (χ2n) is 4.26. The molecule has 0 bridgehead atoms. The Bertz CT molecular complexity index is 356. The van der Waals surface area contributed by atoms with Crippen LogP contribution in [0.2, 0.25) is 0 Å². The average Bonchev–Trinajstić information content (AvgIpc) is 2.78. The van der Waals surface area contributed by atoms with Crippen molar-refractivity contribution >= 4 is 8.80 Å². The maximum atomic E-state index is 5.98. The van der Waals surface area contributed by atoms with E-state index in [0.29, 0.717) is 19.8 Å². The molecule has 0 radical (unpaired) electrons. The molecular formula is C13H28N2O4Si. The van der Waals surface area contributed by atoms with Gasteiger partial charge >= 0.3 is 8.80 Å². The lowest BCUT2D eigenvalue weighted by Gasteiger charge is -2.34. The van der Waals surface area contributed by atoms with Gasteiger partial charge in [-0.1, -0.05) is 6.92 Å². The topological polar surface area (TPSA) is 77.0 Å². The van der Waals surface area contributed by atoms with Crippen molar-refractivity contribution in [1.29, 1.82) is 0 Å². The molecule has 118 valence electrons. The van der Waals surface area contributed by atoms with Gasteiger partial charge in [-0.25, -0.2) is 4.98 Å². The van der Waals surface area contributed by atoms with E-state index in [9.17, 15) is 0 Å². The first-order valence-electron chi connectivity index (χ1n) is 7.04. The van der Waals surface area contributed by atoms with Crippen LogP contribution in [0.15, 0.2) is 12.4 Å². The van der Waals surface area contributed by atoms with Crippen molar-refractivity contribution in [3.8, 4) is 0 Å². The molecule has 0 aliphatic carbocycles. The van der Waals surface area contributed by atoms with Crippen molar-refractivity contribution < 1.29 is 18.8 Å². The quantitative estimate of drug-likeness (QED) is 0.650. The van der Waals surface area contributed by atoms with E-state index in [1.165, 1.54) is 0 Å². The van der Waals surface area contributed by atoms with E-state index in [-0.39, 0.29) is 11.0 Å². The summed E-state index contributed by atoms with van der Waals surface area (Å²) >= 11 is 0. The highest BCUT2D eigenvalue weighted by molar-refractivity contribution is 6.62. The third kappa shape index (κ3) is 4.13. The predicted molar refractivity (Wildman–Crippen MR) is 80.5 cm³/mol. The summed E-state index contributed by atoms with van der Waals surface area (Å²) in [5, 5.41) is 0. The van der Waals surface area contributed by atoms with Crippen molar-refractivity contribution in [3.63, 3.8) is 0 Å². The number of hydrogen-bond acceptors (Lipinski definition) is 4. The highest BCUT2D eigenvalue weighted by Crippen LogP contribution is 2.31. The second kappa shape index (κ2) is 9.25. The standard InChI is InChI=1S/C13H26N2O3Si.H2O/c1-6-12(13-14-10-11-15(13)5)19(16-7-2,17-8-3)18-9-4;/h10-12H,6-9H2,1-5H3;1H2. The molecule has 1 aromatic rings. The van der Waals surface area contributed by atoms with Gasteiger partial charge in [0, 0.05) is 39.3 Å². The van der Waals surface area contributed by atoms with Crippen LogP contribution in [-0.2, 0) is 20.3 Å². The highest BCUT2D eigenvalue weighted by atomic mass is 28.4. The maximum Gasteiger partial charge on any atom is 0.512 e. The Kier molecular flexibility index (Phi) is 8.91. The fourth-order valence-corrected chi connectivity index (χ4v) is 5.49. The molecule has 7 heteroatoms. The van der Waals surface area contributed by atoms with Crippen molar-refractivity contribution in [1.82, 2.24) is 9.55 Å². The fourth-order valence-electron chi connectivity index (χ4n) is 2.33. The van der Waals surface area contributed by atoms with Gasteiger partial charge in [-0.2, -0.15) is 0 Å². The van der Waals surface area contributed by atoms with Crippen LogP contribution >= 0.6 is 0 Å². The Balaban J connectivity index is 0.00000361. The van der Waals surface area contributed by atoms with Crippen LogP contribution in [0.3, 0.4) is 0 Å². The minimum absolute atomic E-state index is 0. The van der Waals surface area contributed by atoms with Crippen molar-refractivity contribution in [2.24, 2.45) is 7.05 Å². The number of nitrogens with zero attached hydrogens (tertiary/aromatic N) is 2. The van der Waals surface area contributed by atoms with E-state index in [1.807, 2.05) is 38.6 Å². The zero-order valence-corrected chi connectivity index (χ0v) is 14.2. The number of rotatable bonds is 9. The van der Waals surface area contributed by atoms with Crippen molar-refractivity contribution in [3.05, 3.63) is 18.2 Å². The van der Waals surface area contributed by atoms with E-state index in [4.69, 9.17) is 13.3 Å². The van der Waals surface area contributed by atoms with Gasteiger partial charge in [0.05, 0.1) is 5.54 Å². The largest absolute Gasteiger partial charge is 0.512 e. The summed E-state index contributed by atoms with van der Waals surface area (Å²) in [6.45, 7) is 9.83. The van der Waals surface area contributed by atoms with Gasteiger partial charge in [-0.05, 0) is 27.2 Å². The molecule has 1 aromatic heterocycles. The smallest absolute Gasteiger partial charge is 0.412 e. The molecule has 0 aromatic carbocycles. The van der Waals surface area contributed by atoms with Crippen molar-refractivity contribution in [2.75, 3.05) is 19.8 Å². The van der Waals surface area contributed by atoms with E-state index >= 15 is 0 Å². The molecule has 0 aliphatic rings. The number of imidazole rings is 1. The minimum Gasteiger partial charge on any atom is -0.412 e. The summed E-state index contributed by atoms with van der Waals surface area (Å²) in [5.74, 6) is 0.976. The van der Waals surface area contributed by atoms with Crippen LogP contribution in [0, 0.1) is 0 Å². The molecule has 0 saturated heterocycles. The fraction of sp³-hybridized carbons (Fsp3) is 0.769. The zero-order chi connectivity index (χ0) is 14.3. The van der Waals surface area contributed by atoms with Crippen LogP contribution in [0.25, 0.3) is 0 Å². The van der Waals surface area contributed by atoms with Gasteiger partial charge in [0.25, 0.3) is 0 Å². The first kappa shape index (κ1) is 19.3. The normalized spacial score (nSPS) is 13.1. The molecule has 1 unspecified atom stereocenters. The maximum absolute atomic E-state index is 5.98. The van der Waals surface area contributed by atoms with Gasteiger partial charge in [0.15, 0.2) is 0 Å². The van der Waals surface area contributed by atoms with Gasteiger partial charge in [-0.15, -0.1) is 0 Å². The molecule has 1 rings (SSSR count). The Morgan fingerprint density at radius 2 is 1.60 bits per heavy atom.